The number of nitrogens with one attached hydrogen (secondary N) is 1. The highest BCUT2D eigenvalue weighted by Crippen LogP contribution is 2.22. The summed E-state index contributed by atoms with van der Waals surface area (Å²) in [4.78, 5) is 14.1. The minimum atomic E-state index is -4.15. The van der Waals surface area contributed by atoms with Gasteiger partial charge in [0, 0.05) is 37.7 Å². The van der Waals surface area contributed by atoms with Crippen molar-refractivity contribution >= 4 is 18.3 Å². The molecule has 1 heterocycles. The van der Waals surface area contributed by atoms with Crippen molar-refractivity contribution < 1.29 is 18.0 Å². The maximum atomic E-state index is 12.3. The van der Waals surface area contributed by atoms with Crippen LogP contribution in [0.1, 0.15) is 29.3 Å². The number of hydrogen-bond acceptors (Lipinski definition) is 2. The molecule has 3 nitrogen and oxygen atoms in total. The van der Waals surface area contributed by atoms with Gasteiger partial charge in [0.1, 0.15) is 0 Å². The maximum Gasteiger partial charge on any atom is 0.389 e. The van der Waals surface area contributed by atoms with E-state index in [2.05, 4.69) is 5.32 Å². The second kappa shape index (κ2) is 7.83. The summed E-state index contributed by atoms with van der Waals surface area (Å²) in [6.45, 7) is 4.07. The molecule has 1 fully saturated rings. The van der Waals surface area contributed by atoms with E-state index in [-0.39, 0.29) is 30.8 Å². The summed E-state index contributed by atoms with van der Waals surface area (Å²) in [5.41, 5.74) is 1.12. The third kappa shape index (κ3) is 5.50. The summed E-state index contributed by atoms with van der Waals surface area (Å²) in [7, 11) is 0. The van der Waals surface area contributed by atoms with Gasteiger partial charge in [0.2, 0.25) is 0 Å². The number of carbonyl (C=O) groups excluding carboxylic acids is 1. The molecule has 0 unspecified atom stereocenters. The first-order chi connectivity index (χ1) is 9.85. The van der Waals surface area contributed by atoms with Gasteiger partial charge in [0.25, 0.3) is 5.91 Å². The van der Waals surface area contributed by atoms with E-state index in [0.717, 1.165) is 6.54 Å². The molecule has 0 aromatic heterocycles. The molecule has 0 spiro atoms. The Kier molecular flexibility index (Phi) is 6.68. The Morgan fingerprint density at radius 2 is 1.95 bits per heavy atom. The second-order valence-electron chi connectivity index (χ2n) is 5.42. The molecule has 1 aromatic carbocycles. The molecule has 0 bridgehead atoms. The Bertz CT molecular complexity index is 491. The summed E-state index contributed by atoms with van der Waals surface area (Å²) >= 11 is 0. The van der Waals surface area contributed by atoms with Crippen molar-refractivity contribution in [1.82, 2.24) is 10.2 Å². The lowest BCUT2D eigenvalue weighted by molar-refractivity contribution is -0.134. The zero-order valence-corrected chi connectivity index (χ0v) is 13.1. The molecular formula is C15H20ClF3N2O. The van der Waals surface area contributed by atoms with Gasteiger partial charge in [-0.3, -0.25) is 4.79 Å². The van der Waals surface area contributed by atoms with Crippen LogP contribution in [0.25, 0.3) is 0 Å². The Morgan fingerprint density at radius 3 is 2.50 bits per heavy atom. The summed E-state index contributed by atoms with van der Waals surface area (Å²) in [6.07, 6.45) is -5.04. The minimum Gasteiger partial charge on any atom is -0.336 e. The summed E-state index contributed by atoms with van der Waals surface area (Å²) in [5.74, 6) is -0.0641. The second-order valence-corrected chi connectivity index (χ2v) is 5.42. The molecule has 0 saturated carbocycles. The van der Waals surface area contributed by atoms with Crippen LogP contribution in [0.3, 0.4) is 0 Å². The van der Waals surface area contributed by atoms with E-state index in [1.165, 1.54) is 0 Å². The zero-order valence-electron chi connectivity index (χ0n) is 12.3. The number of alkyl halides is 3. The molecule has 1 N–H and O–H groups in total. The van der Waals surface area contributed by atoms with Crippen molar-refractivity contribution in [2.75, 3.05) is 19.6 Å². The normalized spacial score (nSPS) is 18.7. The number of rotatable bonds is 3. The highest BCUT2D eigenvalue weighted by Gasteiger charge is 2.26. The Labute approximate surface area is 134 Å². The van der Waals surface area contributed by atoms with E-state index >= 15 is 0 Å². The van der Waals surface area contributed by atoms with E-state index in [9.17, 15) is 18.0 Å². The molecule has 1 atom stereocenters. The first kappa shape index (κ1) is 18.8. The van der Waals surface area contributed by atoms with Crippen LogP contribution < -0.4 is 5.32 Å². The van der Waals surface area contributed by atoms with E-state index in [1.807, 2.05) is 6.92 Å². The molecule has 22 heavy (non-hydrogen) atoms. The van der Waals surface area contributed by atoms with Gasteiger partial charge < -0.3 is 10.2 Å². The number of carbonyl (C=O) groups is 1. The quantitative estimate of drug-likeness (QED) is 0.920. The smallest absolute Gasteiger partial charge is 0.336 e. The van der Waals surface area contributed by atoms with Crippen LogP contribution in [-0.2, 0) is 6.42 Å². The van der Waals surface area contributed by atoms with Gasteiger partial charge in [0.15, 0.2) is 0 Å². The lowest BCUT2D eigenvalue weighted by Gasteiger charge is -2.32. The van der Waals surface area contributed by atoms with Crippen LogP contribution in [0.2, 0.25) is 0 Å². The number of benzene rings is 1. The fourth-order valence-electron chi connectivity index (χ4n) is 2.40. The standard InChI is InChI=1S/C15H19F3N2O.ClH/c1-11-10-20(9-8-19-11)14(21)13-4-2-12(3-5-13)6-7-15(16,17)18;/h2-5,11,19H,6-10H2,1H3;1H/t11-;/m1./s1. The number of amides is 1. The number of piperazine rings is 1. The van der Waals surface area contributed by atoms with Gasteiger partial charge in [-0.25, -0.2) is 0 Å². The van der Waals surface area contributed by atoms with Gasteiger partial charge >= 0.3 is 6.18 Å². The summed E-state index contributed by atoms with van der Waals surface area (Å²) in [6, 6.07) is 6.69. The molecular weight excluding hydrogens is 317 g/mol. The number of hydrogen-bond donors (Lipinski definition) is 1. The Balaban J connectivity index is 0.00000242. The van der Waals surface area contributed by atoms with Crippen LogP contribution in [0.5, 0.6) is 0 Å². The van der Waals surface area contributed by atoms with Gasteiger partial charge in [-0.05, 0) is 31.0 Å². The molecule has 124 valence electrons. The molecule has 2 rings (SSSR count). The first-order valence-corrected chi connectivity index (χ1v) is 7.03. The summed E-state index contributed by atoms with van der Waals surface area (Å²) < 4.78 is 36.5. The number of aryl methyl sites for hydroxylation is 1. The highest BCUT2D eigenvalue weighted by atomic mass is 35.5. The van der Waals surface area contributed by atoms with Crippen molar-refractivity contribution in [2.45, 2.75) is 32.0 Å². The van der Waals surface area contributed by atoms with Crippen LogP contribution in [0.4, 0.5) is 13.2 Å². The van der Waals surface area contributed by atoms with Gasteiger partial charge in [-0.2, -0.15) is 13.2 Å². The van der Waals surface area contributed by atoms with Crippen LogP contribution in [0, 0.1) is 0 Å². The van der Waals surface area contributed by atoms with Crippen molar-refractivity contribution in [2.24, 2.45) is 0 Å². The third-order valence-corrected chi connectivity index (χ3v) is 3.55. The molecule has 1 saturated heterocycles. The maximum absolute atomic E-state index is 12.3. The minimum absolute atomic E-state index is 0. The molecule has 1 amide bonds. The molecule has 1 aromatic rings. The average Bonchev–Trinajstić information content (AvgIpc) is 2.44. The SMILES string of the molecule is C[C@@H]1CN(C(=O)c2ccc(CCC(F)(F)F)cc2)CCN1.Cl. The van der Waals surface area contributed by atoms with Gasteiger partial charge in [-0.15, -0.1) is 12.4 Å². The molecule has 1 aliphatic rings. The lowest BCUT2D eigenvalue weighted by Crippen LogP contribution is -2.51. The van der Waals surface area contributed by atoms with Crippen LogP contribution >= 0.6 is 12.4 Å². The van der Waals surface area contributed by atoms with Crippen molar-refractivity contribution in [3.63, 3.8) is 0 Å². The topological polar surface area (TPSA) is 32.3 Å². The van der Waals surface area contributed by atoms with Crippen LogP contribution in [0.15, 0.2) is 24.3 Å². The lowest BCUT2D eigenvalue weighted by atomic mass is 10.1. The first-order valence-electron chi connectivity index (χ1n) is 7.03. The van der Waals surface area contributed by atoms with E-state index < -0.39 is 12.6 Å². The number of halogens is 4. The average molecular weight is 337 g/mol. The van der Waals surface area contributed by atoms with Crippen LogP contribution in [-0.4, -0.2) is 42.7 Å². The molecule has 7 heteroatoms. The van der Waals surface area contributed by atoms with E-state index in [0.29, 0.717) is 24.2 Å². The predicted octanol–water partition coefficient (Wildman–Crippen LogP) is 3.04. The zero-order chi connectivity index (χ0) is 15.5. The largest absolute Gasteiger partial charge is 0.389 e. The number of nitrogens with zero attached hydrogens (tertiary/aromatic N) is 1. The predicted molar refractivity (Wildman–Crippen MR) is 81.4 cm³/mol. The monoisotopic (exact) mass is 336 g/mol. The van der Waals surface area contributed by atoms with Crippen molar-refractivity contribution in [3.8, 4) is 0 Å². The van der Waals surface area contributed by atoms with Crippen molar-refractivity contribution in [3.05, 3.63) is 35.4 Å². The van der Waals surface area contributed by atoms with E-state index in [1.54, 1.807) is 29.2 Å². The fraction of sp³-hybridized carbons (Fsp3) is 0.533. The summed E-state index contributed by atoms with van der Waals surface area (Å²) in [5, 5.41) is 3.26. The Morgan fingerprint density at radius 1 is 1.32 bits per heavy atom. The molecule has 1 aliphatic heterocycles. The van der Waals surface area contributed by atoms with Gasteiger partial charge in [0.05, 0.1) is 0 Å². The Hall–Kier alpha value is -1.27. The van der Waals surface area contributed by atoms with Gasteiger partial charge in [-0.1, -0.05) is 12.1 Å². The third-order valence-electron chi connectivity index (χ3n) is 3.55. The van der Waals surface area contributed by atoms with E-state index in [4.69, 9.17) is 0 Å². The van der Waals surface area contributed by atoms with Crippen molar-refractivity contribution in [1.29, 1.82) is 0 Å². The molecule has 0 aliphatic carbocycles. The fourth-order valence-corrected chi connectivity index (χ4v) is 2.40. The highest BCUT2D eigenvalue weighted by molar-refractivity contribution is 5.94. The molecule has 0 radical (unpaired) electrons.